The van der Waals surface area contributed by atoms with E-state index in [1.807, 2.05) is 24.3 Å². The van der Waals surface area contributed by atoms with Gasteiger partial charge in [0.2, 0.25) is 0 Å². The Hall–Kier alpha value is -1.98. The van der Waals surface area contributed by atoms with E-state index in [-0.39, 0.29) is 0 Å². The largest absolute Gasteiger partial charge is 0.389 e. The highest BCUT2D eigenvalue weighted by Gasteiger charge is 2.11. The number of fused-ring (bicyclic) bond motifs is 1. The molecule has 2 heterocycles. The Bertz CT molecular complexity index is 808. The van der Waals surface area contributed by atoms with Gasteiger partial charge in [0.15, 0.2) is 0 Å². The first-order chi connectivity index (χ1) is 10.2. The maximum Gasteiger partial charge on any atom is 0.107 e. The van der Waals surface area contributed by atoms with E-state index in [4.69, 9.17) is 18.0 Å². The normalized spacial score (nSPS) is 10.7. The van der Waals surface area contributed by atoms with Crippen molar-refractivity contribution in [1.82, 2.24) is 4.98 Å². The van der Waals surface area contributed by atoms with Gasteiger partial charge in [-0.25, -0.2) is 0 Å². The third-order valence-electron chi connectivity index (χ3n) is 3.43. The van der Waals surface area contributed by atoms with Crippen LogP contribution in [0.5, 0.6) is 0 Å². The van der Waals surface area contributed by atoms with Crippen LogP contribution in [0.3, 0.4) is 0 Å². The van der Waals surface area contributed by atoms with Gasteiger partial charge >= 0.3 is 0 Å². The van der Waals surface area contributed by atoms with Gasteiger partial charge in [0.1, 0.15) is 4.99 Å². The number of hydrogen-bond donors (Lipinski definition) is 2. The molecule has 0 unspecified atom stereocenters. The topological polar surface area (TPSA) is 50.9 Å². The summed E-state index contributed by atoms with van der Waals surface area (Å²) in [6.07, 6.45) is 1.74. The summed E-state index contributed by atoms with van der Waals surface area (Å²) in [5.41, 5.74) is 9.81. The van der Waals surface area contributed by atoms with Gasteiger partial charge in [-0.2, -0.15) is 0 Å². The minimum absolute atomic E-state index is 0.360. The van der Waals surface area contributed by atoms with Crippen molar-refractivity contribution < 1.29 is 0 Å². The molecule has 3 rings (SSSR count). The quantitative estimate of drug-likeness (QED) is 0.718. The lowest BCUT2D eigenvalue weighted by Crippen LogP contribution is -2.14. The predicted molar refractivity (Wildman–Crippen MR) is 94.0 cm³/mol. The molecule has 3 N–H and O–H groups in total. The highest BCUT2D eigenvalue weighted by molar-refractivity contribution is 7.80. The smallest absolute Gasteiger partial charge is 0.107 e. The summed E-state index contributed by atoms with van der Waals surface area (Å²) < 4.78 is 0. The van der Waals surface area contributed by atoms with Gasteiger partial charge in [0.05, 0.1) is 16.8 Å². The van der Waals surface area contributed by atoms with Gasteiger partial charge in [-0.3, -0.25) is 4.98 Å². The van der Waals surface area contributed by atoms with Crippen LogP contribution >= 0.6 is 23.6 Å². The minimum atomic E-state index is 0.360. The first-order valence-corrected chi connectivity index (χ1v) is 7.90. The number of nitrogens with one attached hydrogen (secondary N) is 1. The number of aromatic nitrogens is 1. The van der Waals surface area contributed by atoms with Crippen LogP contribution in [0.25, 0.3) is 10.9 Å². The van der Waals surface area contributed by atoms with Gasteiger partial charge < -0.3 is 11.1 Å². The monoisotopic (exact) mass is 313 g/mol. The molecule has 2 aromatic heterocycles. The summed E-state index contributed by atoms with van der Waals surface area (Å²) in [4.78, 5) is 6.09. The van der Waals surface area contributed by atoms with Crippen LogP contribution in [0.4, 0.5) is 5.69 Å². The van der Waals surface area contributed by atoms with E-state index in [2.05, 4.69) is 28.7 Å². The molecule has 0 saturated heterocycles. The molecule has 0 aliphatic rings. The number of thiocarbonyl (C=S) groups is 1. The number of anilines is 1. The average Bonchev–Trinajstić information content (AvgIpc) is 2.89. The Morgan fingerprint density at radius 3 is 2.86 bits per heavy atom. The number of nitrogens with zero attached hydrogens (tertiary/aromatic N) is 1. The van der Waals surface area contributed by atoms with E-state index < -0.39 is 0 Å². The fraction of sp³-hybridized carbons (Fsp3) is 0.125. The molecule has 0 atom stereocenters. The zero-order chi connectivity index (χ0) is 14.8. The van der Waals surface area contributed by atoms with Gasteiger partial charge in [0.25, 0.3) is 0 Å². The lowest BCUT2D eigenvalue weighted by atomic mass is 10.1. The maximum atomic E-state index is 5.84. The lowest BCUT2D eigenvalue weighted by molar-refractivity contribution is 1.17. The molecule has 3 nitrogen and oxygen atoms in total. The minimum Gasteiger partial charge on any atom is -0.389 e. The second-order valence-electron chi connectivity index (χ2n) is 4.81. The number of aryl methyl sites for hydroxylation is 1. The van der Waals surface area contributed by atoms with Crippen molar-refractivity contribution in [2.75, 3.05) is 5.32 Å². The van der Waals surface area contributed by atoms with Gasteiger partial charge in [-0.1, -0.05) is 30.4 Å². The standard InChI is InChI=1S/C16H15N3S2/c1-10-6-7-21-14(10)9-19-15-11-4-2-3-5-13(11)18-8-12(15)16(17)20/h2-8H,9H2,1H3,(H2,17,20)(H,18,19). The molecule has 0 amide bonds. The second kappa shape index (κ2) is 5.79. The average molecular weight is 313 g/mol. The molecule has 5 heteroatoms. The first kappa shape index (κ1) is 14.0. The molecule has 3 aromatic rings. The van der Waals surface area contributed by atoms with Gasteiger partial charge in [-0.05, 0) is 30.0 Å². The predicted octanol–water partition coefficient (Wildman–Crippen LogP) is 3.85. The summed E-state index contributed by atoms with van der Waals surface area (Å²) in [5.74, 6) is 0. The lowest BCUT2D eigenvalue weighted by Gasteiger charge is -2.13. The van der Waals surface area contributed by atoms with E-state index in [1.165, 1.54) is 10.4 Å². The highest BCUT2D eigenvalue weighted by atomic mass is 32.1. The number of rotatable bonds is 4. The number of pyridine rings is 1. The highest BCUT2D eigenvalue weighted by Crippen LogP contribution is 2.27. The molecule has 0 radical (unpaired) electrons. The van der Waals surface area contributed by atoms with Crippen LogP contribution in [0.2, 0.25) is 0 Å². The van der Waals surface area contributed by atoms with Crippen LogP contribution in [0, 0.1) is 6.92 Å². The molecule has 0 bridgehead atoms. The molecular formula is C16H15N3S2. The second-order valence-corrected chi connectivity index (χ2v) is 6.25. The maximum absolute atomic E-state index is 5.84. The van der Waals surface area contributed by atoms with Crippen LogP contribution < -0.4 is 11.1 Å². The van der Waals surface area contributed by atoms with Crippen molar-refractivity contribution in [2.45, 2.75) is 13.5 Å². The third-order valence-corrected chi connectivity index (χ3v) is 4.68. The van der Waals surface area contributed by atoms with Crippen molar-refractivity contribution >= 4 is 45.1 Å². The molecular weight excluding hydrogens is 298 g/mol. The van der Waals surface area contributed by atoms with Crippen molar-refractivity contribution in [3.8, 4) is 0 Å². The molecule has 0 saturated carbocycles. The molecule has 21 heavy (non-hydrogen) atoms. The van der Waals surface area contributed by atoms with Gasteiger partial charge in [-0.15, -0.1) is 11.3 Å². The van der Waals surface area contributed by atoms with Gasteiger partial charge in [0, 0.05) is 23.0 Å². The number of para-hydroxylation sites is 1. The molecule has 0 aliphatic heterocycles. The molecule has 1 aromatic carbocycles. The molecule has 0 spiro atoms. The van der Waals surface area contributed by atoms with Crippen molar-refractivity contribution in [3.63, 3.8) is 0 Å². The number of hydrogen-bond acceptors (Lipinski definition) is 4. The Labute approximate surface area is 132 Å². The first-order valence-electron chi connectivity index (χ1n) is 6.61. The Balaban J connectivity index is 2.04. The van der Waals surface area contributed by atoms with Crippen LogP contribution in [0.1, 0.15) is 16.0 Å². The fourth-order valence-electron chi connectivity index (χ4n) is 2.27. The Morgan fingerprint density at radius 1 is 1.33 bits per heavy atom. The van der Waals surface area contributed by atoms with Crippen LogP contribution in [0.15, 0.2) is 41.9 Å². The SMILES string of the molecule is Cc1ccsc1CNc1c(C(N)=S)cnc2ccccc12. The van der Waals surface area contributed by atoms with Crippen LogP contribution in [-0.4, -0.2) is 9.97 Å². The molecule has 106 valence electrons. The Kier molecular flexibility index (Phi) is 3.86. The fourth-order valence-corrected chi connectivity index (χ4v) is 3.27. The summed E-state index contributed by atoms with van der Waals surface area (Å²) in [6, 6.07) is 10.1. The summed E-state index contributed by atoms with van der Waals surface area (Å²) in [6.45, 7) is 2.87. The van der Waals surface area contributed by atoms with E-state index in [9.17, 15) is 0 Å². The van der Waals surface area contributed by atoms with E-state index in [0.29, 0.717) is 4.99 Å². The zero-order valence-corrected chi connectivity index (χ0v) is 13.2. The summed E-state index contributed by atoms with van der Waals surface area (Å²) in [5, 5.41) is 6.63. The summed E-state index contributed by atoms with van der Waals surface area (Å²) >= 11 is 6.90. The number of nitrogens with two attached hydrogens (primary N) is 1. The zero-order valence-electron chi connectivity index (χ0n) is 11.6. The van der Waals surface area contributed by atoms with Crippen molar-refractivity contribution in [1.29, 1.82) is 0 Å². The van der Waals surface area contributed by atoms with Crippen molar-refractivity contribution in [3.05, 3.63) is 57.9 Å². The van der Waals surface area contributed by atoms with Crippen molar-refractivity contribution in [2.24, 2.45) is 5.73 Å². The number of benzene rings is 1. The third kappa shape index (κ3) is 2.75. The number of thiophene rings is 1. The van der Waals surface area contributed by atoms with E-state index in [1.54, 1.807) is 17.5 Å². The molecule has 0 aliphatic carbocycles. The molecule has 0 fully saturated rings. The van der Waals surface area contributed by atoms with E-state index in [0.717, 1.165) is 28.7 Å². The van der Waals surface area contributed by atoms with E-state index >= 15 is 0 Å². The van der Waals surface area contributed by atoms with Crippen LogP contribution in [-0.2, 0) is 6.54 Å². The summed E-state index contributed by atoms with van der Waals surface area (Å²) in [7, 11) is 0. The Morgan fingerprint density at radius 2 is 2.14 bits per heavy atom.